The molecule has 0 radical (unpaired) electrons. The molecule has 20 heavy (non-hydrogen) atoms. The number of rotatable bonds is 7. The third-order valence-corrected chi connectivity index (χ3v) is 2.77. The number of hydrogen-bond donors (Lipinski definition) is 1. The zero-order chi connectivity index (χ0) is 14.2. The fraction of sp³-hybridized carbons (Fsp3) is 0.250. The average Bonchev–Trinajstić information content (AvgIpc) is 2.49. The van der Waals surface area contributed by atoms with Crippen LogP contribution in [0.3, 0.4) is 0 Å². The molecule has 0 bridgehead atoms. The van der Waals surface area contributed by atoms with Crippen LogP contribution in [-0.4, -0.2) is 13.2 Å². The Hall–Kier alpha value is -2.07. The first-order valence-electron chi connectivity index (χ1n) is 6.58. The quantitative estimate of drug-likeness (QED) is 0.790. The molecule has 2 N–H and O–H groups in total. The van der Waals surface area contributed by atoms with E-state index in [0.29, 0.717) is 25.5 Å². The Morgan fingerprint density at radius 1 is 0.900 bits per heavy atom. The molecular weight excluding hydrogens is 257 g/mol. The molecule has 2 aromatic rings. The zero-order valence-electron chi connectivity index (χ0n) is 11.2. The van der Waals surface area contributed by atoms with E-state index in [0.717, 1.165) is 17.7 Å². The Morgan fingerprint density at radius 3 is 2.30 bits per heavy atom. The summed E-state index contributed by atoms with van der Waals surface area (Å²) in [7, 11) is 0. The van der Waals surface area contributed by atoms with Gasteiger partial charge in [-0.15, -0.1) is 0 Å². The van der Waals surface area contributed by atoms with Crippen LogP contribution in [0.2, 0.25) is 0 Å². The highest BCUT2D eigenvalue weighted by Gasteiger charge is 1.97. The van der Waals surface area contributed by atoms with E-state index < -0.39 is 0 Å². The van der Waals surface area contributed by atoms with Gasteiger partial charge in [-0.05, 0) is 42.0 Å². The summed E-state index contributed by atoms with van der Waals surface area (Å²) in [5.74, 6) is 1.21. The molecule has 0 unspecified atom stereocenters. The molecule has 3 nitrogen and oxygen atoms in total. The maximum atomic E-state index is 12.7. The van der Waals surface area contributed by atoms with E-state index in [1.165, 1.54) is 12.1 Å². The highest BCUT2D eigenvalue weighted by Crippen LogP contribution is 2.14. The van der Waals surface area contributed by atoms with E-state index in [2.05, 4.69) is 0 Å². The number of ether oxygens (including phenoxy) is 2. The average molecular weight is 275 g/mol. The summed E-state index contributed by atoms with van der Waals surface area (Å²) >= 11 is 0. The molecular formula is C16H18FNO2. The van der Waals surface area contributed by atoms with Gasteiger partial charge >= 0.3 is 0 Å². The minimum atomic E-state index is -0.263. The SMILES string of the molecule is NCc1cccc(OCCCOc2ccc(F)cc2)c1. The first kappa shape index (κ1) is 14.3. The Balaban J connectivity index is 1.67. The fourth-order valence-corrected chi connectivity index (χ4v) is 1.73. The Kier molecular flexibility index (Phi) is 5.38. The first-order chi connectivity index (χ1) is 9.78. The number of nitrogens with two attached hydrogens (primary N) is 1. The number of hydrogen-bond acceptors (Lipinski definition) is 3. The van der Waals surface area contributed by atoms with E-state index >= 15 is 0 Å². The summed E-state index contributed by atoms with van der Waals surface area (Å²) in [6.45, 7) is 1.60. The molecule has 0 spiro atoms. The van der Waals surface area contributed by atoms with Crippen LogP contribution in [0.4, 0.5) is 4.39 Å². The molecule has 0 aliphatic carbocycles. The van der Waals surface area contributed by atoms with Gasteiger partial charge in [-0.2, -0.15) is 0 Å². The van der Waals surface area contributed by atoms with Crippen LogP contribution < -0.4 is 15.2 Å². The van der Waals surface area contributed by atoms with Crippen LogP contribution in [0.5, 0.6) is 11.5 Å². The van der Waals surface area contributed by atoms with Crippen molar-refractivity contribution in [2.45, 2.75) is 13.0 Å². The van der Waals surface area contributed by atoms with Gasteiger partial charge in [0, 0.05) is 13.0 Å². The molecule has 0 saturated carbocycles. The predicted octanol–water partition coefficient (Wildman–Crippen LogP) is 3.13. The smallest absolute Gasteiger partial charge is 0.123 e. The van der Waals surface area contributed by atoms with Crippen molar-refractivity contribution in [3.8, 4) is 11.5 Å². The van der Waals surface area contributed by atoms with Crippen LogP contribution in [0, 0.1) is 5.82 Å². The van der Waals surface area contributed by atoms with Gasteiger partial charge in [-0.25, -0.2) is 4.39 Å². The van der Waals surface area contributed by atoms with Gasteiger partial charge in [0.25, 0.3) is 0 Å². The zero-order valence-corrected chi connectivity index (χ0v) is 11.2. The maximum Gasteiger partial charge on any atom is 0.123 e. The molecule has 0 heterocycles. The van der Waals surface area contributed by atoms with E-state index in [9.17, 15) is 4.39 Å². The minimum absolute atomic E-state index is 0.263. The maximum absolute atomic E-state index is 12.7. The molecule has 0 aromatic heterocycles. The van der Waals surface area contributed by atoms with Gasteiger partial charge in [0.1, 0.15) is 17.3 Å². The van der Waals surface area contributed by atoms with E-state index in [1.54, 1.807) is 12.1 Å². The molecule has 2 rings (SSSR count). The van der Waals surface area contributed by atoms with E-state index in [-0.39, 0.29) is 5.82 Å². The number of halogens is 1. The Morgan fingerprint density at radius 2 is 1.60 bits per heavy atom. The van der Waals surface area contributed by atoms with Crippen molar-refractivity contribution >= 4 is 0 Å². The summed E-state index contributed by atoms with van der Waals surface area (Å²) in [5, 5.41) is 0. The second kappa shape index (κ2) is 7.50. The van der Waals surface area contributed by atoms with Crippen molar-refractivity contribution in [2.75, 3.05) is 13.2 Å². The monoisotopic (exact) mass is 275 g/mol. The van der Waals surface area contributed by atoms with Gasteiger partial charge in [0.05, 0.1) is 13.2 Å². The van der Waals surface area contributed by atoms with Crippen LogP contribution in [0.1, 0.15) is 12.0 Å². The molecule has 0 fully saturated rings. The van der Waals surface area contributed by atoms with Crippen molar-refractivity contribution < 1.29 is 13.9 Å². The summed E-state index contributed by atoms with van der Waals surface area (Å²) in [6, 6.07) is 13.7. The highest BCUT2D eigenvalue weighted by atomic mass is 19.1. The van der Waals surface area contributed by atoms with Crippen molar-refractivity contribution in [1.82, 2.24) is 0 Å². The van der Waals surface area contributed by atoms with E-state index in [1.807, 2.05) is 24.3 Å². The molecule has 0 saturated heterocycles. The Bertz CT molecular complexity index is 528. The Labute approximate surface area is 118 Å². The summed E-state index contributed by atoms with van der Waals surface area (Å²) < 4.78 is 23.8. The molecule has 0 atom stereocenters. The molecule has 0 aliphatic rings. The largest absolute Gasteiger partial charge is 0.493 e. The fourth-order valence-electron chi connectivity index (χ4n) is 1.73. The third-order valence-electron chi connectivity index (χ3n) is 2.77. The van der Waals surface area contributed by atoms with Crippen LogP contribution in [0.25, 0.3) is 0 Å². The molecule has 0 amide bonds. The van der Waals surface area contributed by atoms with Gasteiger partial charge in [0.2, 0.25) is 0 Å². The lowest BCUT2D eigenvalue weighted by Crippen LogP contribution is -2.05. The van der Waals surface area contributed by atoms with E-state index in [4.69, 9.17) is 15.2 Å². The van der Waals surface area contributed by atoms with Crippen molar-refractivity contribution in [2.24, 2.45) is 5.73 Å². The summed E-state index contributed by atoms with van der Waals surface area (Å²) in [5.41, 5.74) is 6.61. The normalized spacial score (nSPS) is 10.3. The third kappa shape index (κ3) is 4.55. The van der Waals surface area contributed by atoms with Crippen LogP contribution in [-0.2, 0) is 6.54 Å². The summed E-state index contributed by atoms with van der Waals surface area (Å²) in [6.07, 6.45) is 0.754. The van der Waals surface area contributed by atoms with Gasteiger partial charge in [0.15, 0.2) is 0 Å². The second-order valence-corrected chi connectivity index (χ2v) is 4.36. The standard InChI is InChI=1S/C16H18FNO2/c17-14-5-7-15(8-6-14)19-9-2-10-20-16-4-1-3-13(11-16)12-18/h1,3-8,11H,2,9-10,12,18H2. The van der Waals surface area contributed by atoms with Gasteiger partial charge in [-0.1, -0.05) is 12.1 Å². The summed E-state index contributed by atoms with van der Waals surface area (Å²) in [4.78, 5) is 0. The van der Waals surface area contributed by atoms with Gasteiger partial charge < -0.3 is 15.2 Å². The second-order valence-electron chi connectivity index (χ2n) is 4.36. The minimum Gasteiger partial charge on any atom is -0.493 e. The molecule has 2 aromatic carbocycles. The lowest BCUT2D eigenvalue weighted by atomic mass is 10.2. The van der Waals surface area contributed by atoms with Crippen LogP contribution >= 0.6 is 0 Å². The molecule has 4 heteroatoms. The molecule has 106 valence electrons. The molecule has 0 aliphatic heterocycles. The van der Waals surface area contributed by atoms with Gasteiger partial charge in [-0.3, -0.25) is 0 Å². The lowest BCUT2D eigenvalue weighted by Gasteiger charge is -2.08. The lowest BCUT2D eigenvalue weighted by molar-refractivity contribution is 0.247. The van der Waals surface area contributed by atoms with Crippen molar-refractivity contribution in [3.63, 3.8) is 0 Å². The topological polar surface area (TPSA) is 44.5 Å². The number of benzene rings is 2. The highest BCUT2D eigenvalue weighted by molar-refractivity contribution is 5.28. The van der Waals surface area contributed by atoms with Crippen molar-refractivity contribution in [1.29, 1.82) is 0 Å². The van der Waals surface area contributed by atoms with Crippen molar-refractivity contribution in [3.05, 3.63) is 59.9 Å². The predicted molar refractivity (Wildman–Crippen MR) is 76.3 cm³/mol. The first-order valence-corrected chi connectivity index (χ1v) is 6.58. The van der Waals surface area contributed by atoms with Crippen LogP contribution in [0.15, 0.2) is 48.5 Å².